The number of anilines is 1. The Morgan fingerprint density at radius 2 is 2.04 bits per heavy atom. The first-order valence-corrected chi connectivity index (χ1v) is 14.9. The average molecular weight is 632 g/mol. The zero-order valence-electron chi connectivity index (χ0n) is 29.3. The Balaban J connectivity index is 1.50. The largest absolute Gasteiger partial charge is 0.508 e. The number of phenols is 1. The number of hydrogen-bond acceptors (Lipinski definition) is 8. The van der Waals surface area contributed by atoms with Crippen LogP contribution in [0, 0.1) is 5.82 Å². The van der Waals surface area contributed by atoms with Gasteiger partial charge in [0.25, 0.3) is 5.56 Å². The highest BCUT2D eigenvalue weighted by Gasteiger charge is 2.40. The van der Waals surface area contributed by atoms with E-state index in [2.05, 4.69) is 15.3 Å². The van der Waals surface area contributed by atoms with E-state index in [0.717, 1.165) is 29.5 Å². The number of ether oxygens (including phenoxy) is 1. The zero-order chi connectivity index (χ0) is 35.9. The quantitative estimate of drug-likeness (QED) is 0.294. The van der Waals surface area contributed by atoms with Gasteiger partial charge in [-0.3, -0.25) is 9.36 Å². The van der Waals surface area contributed by atoms with Crippen molar-refractivity contribution in [3.63, 3.8) is 0 Å². The van der Waals surface area contributed by atoms with E-state index in [-0.39, 0.29) is 59.0 Å². The molecule has 4 fully saturated rings. The van der Waals surface area contributed by atoms with Gasteiger partial charge in [-0.05, 0) is 74.8 Å². The molecule has 8 rings (SSSR count). The summed E-state index contributed by atoms with van der Waals surface area (Å²) in [5.74, 6) is -1.23. The summed E-state index contributed by atoms with van der Waals surface area (Å²) in [5, 5.41) is 13.9. The van der Waals surface area contributed by atoms with E-state index >= 15 is 17.6 Å². The van der Waals surface area contributed by atoms with Gasteiger partial charge in [-0.25, -0.2) is 4.39 Å². The molecule has 2 N–H and O–H groups in total. The van der Waals surface area contributed by atoms with Gasteiger partial charge in [-0.15, -0.1) is 0 Å². The van der Waals surface area contributed by atoms with Crippen molar-refractivity contribution in [1.82, 2.24) is 24.8 Å². The lowest BCUT2D eigenvalue weighted by atomic mass is 9.93. The number of alkyl halides is 3. The number of benzene rings is 2. The number of pyridine rings is 1. The summed E-state index contributed by atoms with van der Waals surface area (Å²) in [6.07, 6.45) is -3.06. The number of piperazine rings is 1. The Kier molecular flexibility index (Phi) is 6.01. The lowest BCUT2D eigenvalue weighted by Crippen LogP contribution is -2.61. The van der Waals surface area contributed by atoms with E-state index in [1.165, 1.54) is 12.1 Å². The minimum Gasteiger partial charge on any atom is -0.508 e. The van der Waals surface area contributed by atoms with Gasteiger partial charge < -0.3 is 25.0 Å². The summed E-state index contributed by atoms with van der Waals surface area (Å²) in [6, 6.07) is 3.26. The van der Waals surface area contributed by atoms with E-state index in [9.17, 15) is 9.90 Å². The summed E-state index contributed by atoms with van der Waals surface area (Å²) >= 11 is 0. The van der Waals surface area contributed by atoms with Crippen LogP contribution >= 0.6 is 0 Å². The molecule has 2 aromatic heterocycles. The maximum absolute atomic E-state index is 15.1. The summed E-state index contributed by atoms with van der Waals surface area (Å²) in [7, 11) is 0. The summed E-state index contributed by atoms with van der Waals surface area (Å²) in [4.78, 5) is 25.9. The molecule has 0 spiro atoms. The molecule has 4 saturated heterocycles. The van der Waals surface area contributed by atoms with Crippen molar-refractivity contribution in [2.75, 3.05) is 38.1 Å². The molecule has 4 aromatic rings. The zero-order valence-corrected chi connectivity index (χ0v) is 24.3. The first kappa shape index (κ1) is 24.3. The van der Waals surface area contributed by atoms with Crippen LogP contribution in [0.1, 0.15) is 50.7 Å². The maximum atomic E-state index is 15.1. The molecule has 238 valence electrons. The van der Waals surface area contributed by atoms with Crippen LogP contribution < -0.4 is 20.5 Å². The van der Waals surface area contributed by atoms with Gasteiger partial charge >= 0.3 is 12.2 Å². The number of nitrogens with one attached hydrogen (secondary N) is 1. The highest BCUT2D eigenvalue weighted by molar-refractivity contribution is 5.96. The average Bonchev–Trinajstić information content (AvgIpc) is 3.57. The number of aryl methyl sites for hydroxylation is 1. The van der Waals surface area contributed by atoms with Crippen molar-refractivity contribution in [2.45, 2.75) is 63.3 Å². The maximum Gasteiger partial charge on any atom is 0.431 e. The molecule has 2 aromatic carbocycles. The number of piperidine rings is 2. The van der Waals surface area contributed by atoms with Gasteiger partial charge in [-0.1, -0.05) is 13.0 Å². The highest BCUT2D eigenvalue weighted by Crippen LogP contribution is 2.39. The molecule has 4 aliphatic heterocycles. The molecule has 45 heavy (non-hydrogen) atoms. The second-order valence-electron chi connectivity index (χ2n) is 11.8. The number of halogens is 4. The fourth-order valence-electron chi connectivity index (χ4n) is 6.84. The Bertz CT molecular complexity index is 2050. The first-order valence-electron chi connectivity index (χ1n) is 17.4. The normalized spacial score (nSPS) is 24.4. The minimum absolute atomic E-state index is 0.00950. The van der Waals surface area contributed by atoms with Crippen molar-refractivity contribution in [1.29, 1.82) is 0 Å². The fraction of sp³-hybridized carbons (Fsp3) is 0.469. The molecule has 4 aliphatic rings. The standard InChI is InChI=1S/C32H34F4N6O3/c1-3-22-24(33)9-6-17-11-21(43)12-25(27(17)22)42-26(32(34,35)36)13-23-28(30(42)44)38-31(45-16-20-5-4-10-40(20)2)39-29(23)41-15-18-7-8-19(41)14-37-18/h6,9,11-13,18-20,37,43H,3-5,7-8,10,14-16H2,1-2H3/t18?,19?,20-/m0/s1/i2D3,16D2. The molecule has 13 heteroatoms. The molecular formula is C32H34F4N6O3. The molecule has 0 radical (unpaired) electrons. The SMILES string of the molecule is [2H]C([2H])(Oc1nc(N2CC3CCC2CN3)c2cc(C(F)(F)F)n(-c3cc(O)cc4ccc(F)c(CC)c34)c(=O)c2n1)[C@@H]1CCCN1C([2H])([2H])[2H]. The number of hydrogen-bond donors (Lipinski definition) is 2. The van der Waals surface area contributed by atoms with Crippen molar-refractivity contribution < 1.29 is 34.3 Å². The topological polar surface area (TPSA) is 95.8 Å². The lowest BCUT2D eigenvalue weighted by Gasteiger charge is -2.46. The Labute approximate surface area is 263 Å². The van der Waals surface area contributed by atoms with E-state index < -0.39 is 65.8 Å². The Morgan fingerprint density at radius 1 is 1.20 bits per heavy atom. The van der Waals surface area contributed by atoms with E-state index in [1.54, 1.807) is 11.8 Å². The van der Waals surface area contributed by atoms with Crippen molar-refractivity contribution in [2.24, 2.45) is 0 Å². The lowest BCUT2D eigenvalue weighted by molar-refractivity contribution is -0.142. The fourth-order valence-corrected chi connectivity index (χ4v) is 6.84. The number of rotatable bonds is 6. The van der Waals surface area contributed by atoms with E-state index in [1.807, 2.05) is 0 Å². The van der Waals surface area contributed by atoms with Crippen LogP contribution in [0.15, 0.2) is 35.1 Å². The van der Waals surface area contributed by atoms with E-state index in [0.29, 0.717) is 30.5 Å². The molecule has 0 amide bonds. The predicted molar refractivity (Wildman–Crippen MR) is 162 cm³/mol. The van der Waals surface area contributed by atoms with Crippen LogP contribution in [-0.4, -0.2) is 75.8 Å². The number of aromatic hydroxyl groups is 1. The van der Waals surface area contributed by atoms with Gasteiger partial charge in [0.2, 0.25) is 0 Å². The number of likely N-dealkylation sites (N-methyl/N-ethyl adjacent to an activating group) is 1. The minimum atomic E-state index is -5.13. The van der Waals surface area contributed by atoms with E-state index in [4.69, 9.17) is 11.6 Å². The van der Waals surface area contributed by atoms with Crippen molar-refractivity contribution in [3.8, 4) is 17.4 Å². The number of phenolic OH excluding ortho intramolecular Hbond substituents is 1. The van der Waals surface area contributed by atoms with Gasteiger partial charge in [0.1, 0.15) is 35.2 Å². The number of aromatic nitrogens is 3. The van der Waals surface area contributed by atoms with Crippen LogP contribution in [-0.2, 0) is 12.6 Å². The van der Waals surface area contributed by atoms with Crippen LogP contribution in [0.3, 0.4) is 0 Å². The second-order valence-corrected chi connectivity index (χ2v) is 11.8. The first-order chi connectivity index (χ1) is 23.5. The predicted octanol–water partition coefficient (Wildman–Crippen LogP) is 4.77. The highest BCUT2D eigenvalue weighted by atomic mass is 19.4. The van der Waals surface area contributed by atoms with Crippen molar-refractivity contribution >= 4 is 27.5 Å². The number of likely N-dealkylation sites (tertiary alicyclic amines) is 1. The Morgan fingerprint density at radius 3 is 2.73 bits per heavy atom. The van der Waals surface area contributed by atoms with Crippen LogP contribution in [0.25, 0.3) is 27.4 Å². The van der Waals surface area contributed by atoms with Crippen LogP contribution in [0.4, 0.5) is 23.4 Å². The van der Waals surface area contributed by atoms with Gasteiger partial charge in [0, 0.05) is 46.8 Å². The third-order valence-electron chi connectivity index (χ3n) is 9.01. The molecule has 9 nitrogen and oxygen atoms in total. The molecular weight excluding hydrogens is 592 g/mol. The number of fused-ring (bicyclic) bond motifs is 5. The molecule has 0 aliphatic carbocycles. The molecule has 2 bridgehead atoms. The number of nitrogens with zero attached hydrogens (tertiary/aromatic N) is 5. The van der Waals surface area contributed by atoms with Gasteiger partial charge in [-0.2, -0.15) is 23.1 Å². The third kappa shape index (κ3) is 5.15. The summed E-state index contributed by atoms with van der Waals surface area (Å²) in [6.45, 7) is -2.79. The van der Waals surface area contributed by atoms with Crippen LogP contribution in [0.2, 0.25) is 0 Å². The monoisotopic (exact) mass is 631 g/mol. The van der Waals surface area contributed by atoms with Gasteiger partial charge in [0.05, 0.1) is 13.8 Å². The summed E-state index contributed by atoms with van der Waals surface area (Å²) < 4.78 is 107. The molecule has 2 unspecified atom stereocenters. The second kappa shape index (κ2) is 11.1. The van der Waals surface area contributed by atoms with Crippen LogP contribution in [0.5, 0.6) is 11.8 Å². The van der Waals surface area contributed by atoms with Gasteiger partial charge in [0.15, 0.2) is 0 Å². The molecule has 3 atom stereocenters. The smallest absolute Gasteiger partial charge is 0.431 e. The molecule has 0 saturated carbocycles. The summed E-state index contributed by atoms with van der Waals surface area (Å²) in [5.41, 5.74) is -3.62. The van der Waals surface area contributed by atoms with Crippen molar-refractivity contribution in [3.05, 3.63) is 57.8 Å². The third-order valence-corrected chi connectivity index (χ3v) is 9.01. The Hall–Kier alpha value is -3.97. The molecule has 6 heterocycles.